The van der Waals surface area contributed by atoms with Crippen molar-refractivity contribution >= 4 is 27.5 Å². The van der Waals surface area contributed by atoms with Crippen molar-refractivity contribution in [2.75, 3.05) is 0 Å². The van der Waals surface area contributed by atoms with Gasteiger partial charge in [-0.25, -0.2) is 0 Å². The fourth-order valence-corrected chi connectivity index (χ4v) is 1.47. The Bertz CT molecular complexity index is 268. The first-order chi connectivity index (χ1) is 5.18. The van der Waals surface area contributed by atoms with Crippen LogP contribution in [0.4, 0.5) is 0 Å². The van der Waals surface area contributed by atoms with Gasteiger partial charge < -0.3 is 0 Å². The largest absolute Gasteiger partial charge is 0.0894 e. The zero-order valence-corrected chi connectivity index (χ0v) is 8.32. The molecule has 0 aliphatic rings. The summed E-state index contributed by atoms with van der Waals surface area (Å²) >= 11 is 9.03. The maximum atomic E-state index is 5.65. The summed E-state index contributed by atoms with van der Waals surface area (Å²) in [6.45, 7) is 3.63. The molecule has 0 N–H and O–H groups in total. The van der Waals surface area contributed by atoms with Gasteiger partial charge >= 0.3 is 0 Å². The minimum atomic E-state index is 0.670. The van der Waals surface area contributed by atoms with Crippen LogP contribution >= 0.6 is 27.5 Å². The molecule has 0 aliphatic heterocycles. The molecule has 0 nitrogen and oxygen atoms in total. The molecule has 0 radical (unpaired) electrons. The predicted octanol–water partition coefficient (Wildman–Crippen LogP) is 3.74. The molecular formula is C9H8BrCl. The van der Waals surface area contributed by atoms with Gasteiger partial charge in [-0.3, -0.25) is 0 Å². The van der Waals surface area contributed by atoms with Crippen molar-refractivity contribution in [1.82, 2.24) is 0 Å². The van der Waals surface area contributed by atoms with Gasteiger partial charge in [0, 0.05) is 15.9 Å². The van der Waals surface area contributed by atoms with Gasteiger partial charge in [-0.15, -0.1) is 0 Å². The highest BCUT2D eigenvalue weighted by Gasteiger charge is 1.94. The zero-order chi connectivity index (χ0) is 8.27. The first-order valence-corrected chi connectivity index (χ1v) is 4.43. The highest BCUT2D eigenvalue weighted by molar-refractivity contribution is 9.10. The molecule has 1 aromatic carbocycles. The second kappa shape index (κ2) is 3.93. The van der Waals surface area contributed by atoms with Crippen LogP contribution in [0.1, 0.15) is 5.56 Å². The number of rotatable bonds is 2. The van der Waals surface area contributed by atoms with Crippen molar-refractivity contribution < 1.29 is 0 Å². The van der Waals surface area contributed by atoms with Gasteiger partial charge in [0.05, 0.1) is 0 Å². The molecule has 1 rings (SSSR count). The molecule has 0 spiro atoms. The van der Waals surface area contributed by atoms with E-state index in [9.17, 15) is 0 Å². The third-order valence-electron chi connectivity index (χ3n) is 1.28. The topological polar surface area (TPSA) is 0 Å². The summed E-state index contributed by atoms with van der Waals surface area (Å²) in [6.07, 6.45) is 0.737. The molecule has 0 aromatic heterocycles. The Morgan fingerprint density at radius 3 is 2.82 bits per heavy atom. The predicted molar refractivity (Wildman–Crippen MR) is 52.8 cm³/mol. The van der Waals surface area contributed by atoms with Gasteiger partial charge in [0.15, 0.2) is 0 Å². The molecule has 58 valence electrons. The molecule has 0 atom stereocenters. The lowest BCUT2D eigenvalue weighted by Crippen LogP contribution is -1.82. The quantitative estimate of drug-likeness (QED) is 0.727. The van der Waals surface area contributed by atoms with Crippen LogP contribution in [0, 0.1) is 0 Å². The number of hydrogen-bond donors (Lipinski definition) is 0. The monoisotopic (exact) mass is 230 g/mol. The lowest BCUT2D eigenvalue weighted by atomic mass is 10.1. The number of halogens is 2. The van der Waals surface area contributed by atoms with Gasteiger partial charge in [-0.1, -0.05) is 46.2 Å². The standard InChI is InChI=1S/C9H8BrCl/c1-7(11)5-8-3-2-4-9(10)6-8/h2-4,6H,1,5H2. The molecule has 0 aliphatic carbocycles. The van der Waals surface area contributed by atoms with Gasteiger partial charge in [-0.2, -0.15) is 0 Å². The van der Waals surface area contributed by atoms with Crippen molar-refractivity contribution in [3.8, 4) is 0 Å². The average molecular weight is 232 g/mol. The Labute approximate surface area is 80.0 Å². The van der Waals surface area contributed by atoms with Crippen LogP contribution in [0.2, 0.25) is 0 Å². The molecule has 0 fully saturated rings. The smallest absolute Gasteiger partial charge is 0.0178 e. The van der Waals surface area contributed by atoms with E-state index in [1.54, 1.807) is 0 Å². The molecule has 0 unspecified atom stereocenters. The molecule has 11 heavy (non-hydrogen) atoms. The summed E-state index contributed by atoms with van der Waals surface area (Å²) < 4.78 is 1.08. The van der Waals surface area contributed by atoms with Crippen LogP contribution in [0.25, 0.3) is 0 Å². The third kappa shape index (κ3) is 3.08. The summed E-state index contributed by atoms with van der Waals surface area (Å²) in [4.78, 5) is 0. The van der Waals surface area contributed by atoms with Crippen molar-refractivity contribution in [3.63, 3.8) is 0 Å². The number of hydrogen-bond acceptors (Lipinski definition) is 0. The van der Waals surface area contributed by atoms with Crippen LogP contribution in [-0.2, 0) is 6.42 Å². The minimum absolute atomic E-state index is 0.670. The van der Waals surface area contributed by atoms with Crippen LogP contribution in [0.3, 0.4) is 0 Å². The van der Waals surface area contributed by atoms with E-state index in [1.165, 1.54) is 5.56 Å². The van der Waals surface area contributed by atoms with Gasteiger partial charge in [0.1, 0.15) is 0 Å². The first-order valence-electron chi connectivity index (χ1n) is 3.26. The molecule has 1 aromatic rings. The third-order valence-corrected chi connectivity index (χ3v) is 1.91. The van der Waals surface area contributed by atoms with Crippen molar-refractivity contribution in [1.29, 1.82) is 0 Å². The SMILES string of the molecule is C=C(Cl)Cc1cccc(Br)c1. The number of allylic oxidation sites excluding steroid dienone is 1. The van der Waals surface area contributed by atoms with Crippen LogP contribution in [-0.4, -0.2) is 0 Å². The molecule has 0 bridgehead atoms. The maximum absolute atomic E-state index is 5.65. The van der Waals surface area contributed by atoms with E-state index in [4.69, 9.17) is 11.6 Å². The first kappa shape index (κ1) is 8.82. The van der Waals surface area contributed by atoms with E-state index in [1.807, 2.05) is 24.3 Å². The normalized spacial score (nSPS) is 9.64. The van der Waals surface area contributed by atoms with E-state index in [0.29, 0.717) is 5.03 Å². The Morgan fingerprint density at radius 1 is 1.55 bits per heavy atom. The second-order valence-corrected chi connectivity index (χ2v) is 3.77. The van der Waals surface area contributed by atoms with Gasteiger partial charge in [0.2, 0.25) is 0 Å². The summed E-state index contributed by atoms with van der Waals surface area (Å²) in [7, 11) is 0. The summed E-state index contributed by atoms with van der Waals surface area (Å²) in [5.41, 5.74) is 1.18. The lowest BCUT2D eigenvalue weighted by molar-refractivity contribution is 1.24. The number of benzene rings is 1. The molecule has 0 saturated carbocycles. The highest BCUT2D eigenvalue weighted by atomic mass is 79.9. The zero-order valence-electron chi connectivity index (χ0n) is 5.98. The average Bonchev–Trinajstić information content (AvgIpc) is 1.85. The molecule has 0 saturated heterocycles. The molecule has 2 heteroatoms. The molecule has 0 amide bonds. The Hall–Kier alpha value is -0.270. The Kier molecular flexibility index (Phi) is 3.16. The Balaban J connectivity index is 2.79. The van der Waals surface area contributed by atoms with Gasteiger partial charge in [-0.05, 0) is 17.7 Å². The van der Waals surface area contributed by atoms with E-state index in [-0.39, 0.29) is 0 Å². The van der Waals surface area contributed by atoms with Crippen LogP contribution < -0.4 is 0 Å². The van der Waals surface area contributed by atoms with E-state index in [0.717, 1.165) is 10.9 Å². The summed E-state index contributed by atoms with van der Waals surface area (Å²) in [5, 5.41) is 0.670. The van der Waals surface area contributed by atoms with Crippen molar-refractivity contribution in [3.05, 3.63) is 45.9 Å². The fraction of sp³-hybridized carbons (Fsp3) is 0.111. The van der Waals surface area contributed by atoms with E-state index < -0.39 is 0 Å². The van der Waals surface area contributed by atoms with Gasteiger partial charge in [0.25, 0.3) is 0 Å². The van der Waals surface area contributed by atoms with Crippen molar-refractivity contribution in [2.45, 2.75) is 6.42 Å². The fourth-order valence-electron chi connectivity index (χ4n) is 0.868. The van der Waals surface area contributed by atoms with E-state index in [2.05, 4.69) is 22.5 Å². The maximum Gasteiger partial charge on any atom is 0.0178 e. The highest BCUT2D eigenvalue weighted by Crippen LogP contribution is 2.15. The molecular weight excluding hydrogens is 223 g/mol. The Morgan fingerprint density at radius 2 is 2.27 bits per heavy atom. The lowest BCUT2D eigenvalue weighted by Gasteiger charge is -1.98. The second-order valence-electron chi connectivity index (χ2n) is 2.32. The summed E-state index contributed by atoms with van der Waals surface area (Å²) in [6, 6.07) is 8.03. The van der Waals surface area contributed by atoms with Crippen LogP contribution in [0.5, 0.6) is 0 Å². The molecule has 0 heterocycles. The van der Waals surface area contributed by atoms with Crippen LogP contribution in [0.15, 0.2) is 40.3 Å². The van der Waals surface area contributed by atoms with E-state index >= 15 is 0 Å². The minimum Gasteiger partial charge on any atom is -0.0894 e. The van der Waals surface area contributed by atoms with Crippen molar-refractivity contribution in [2.24, 2.45) is 0 Å². The summed E-state index contributed by atoms with van der Waals surface area (Å²) in [5.74, 6) is 0.